The molecule has 5 heteroatoms. The summed E-state index contributed by atoms with van der Waals surface area (Å²) < 4.78 is 2.72. The number of hydrogen-bond acceptors (Lipinski definition) is 5. The van der Waals surface area contributed by atoms with Crippen molar-refractivity contribution >= 4 is 12.4 Å². The van der Waals surface area contributed by atoms with E-state index in [0.29, 0.717) is 0 Å². The molecule has 0 aromatic rings. The first-order valence-corrected chi connectivity index (χ1v) is 1.52. The largest absolute Gasteiger partial charge is 0.358 e. The topological polar surface area (TPSA) is 51.0 Å². The number of hydrogen-bond donors (Lipinski definition) is 0. The Morgan fingerprint density at radius 3 is 2.67 bits per heavy atom. The standard InChI is InChI=1S/CH2N2O2S/c4-2-1-5-3-6/h1H2. The molecule has 0 aromatic heterocycles. The predicted octanol–water partition coefficient (Wildman–Crippen LogP) is 0.372. The maximum absolute atomic E-state index is 9.08. The zero-order valence-corrected chi connectivity index (χ0v) is 3.64. The van der Waals surface area contributed by atoms with Crippen LogP contribution in [0.3, 0.4) is 0 Å². The quantitative estimate of drug-likeness (QED) is 0.297. The summed E-state index contributed by atoms with van der Waals surface area (Å²) in [4.78, 5) is 13.0. The van der Waals surface area contributed by atoms with Gasteiger partial charge in [0.1, 0.15) is 0 Å². The highest BCUT2D eigenvalue weighted by molar-refractivity contribution is 7.47. The minimum Gasteiger partial charge on any atom is -0.358 e. The minimum atomic E-state index is -0.288. The van der Waals surface area contributed by atoms with Gasteiger partial charge in [-0.25, -0.2) is 0 Å². The summed E-state index contributed by atoms with van der Waals surface area (Å²) in [6, 6.07) is 0. The number of rotatable bonds is 3. The lowest BCUT2D eigenvalue weighted by molar-refractivity contribution is 0.159. The van der Waals surface area contributed by atoms with Gasteiger partial charge in [-0.2, -0.15) is 0 Å². The third kappa shape index (κ3) is 3.42. The van der Waals surface area contributed by atoms with E-state index in [1.54, 1.807) is 0 Å². The van der Waals surface area contributed by atoms with Crippen LogP contribution in [0.4, 0.5) is 0 Å². The van der Waals surface area contributed by atoms with Gasteiger partial charge >= 0.3 is 0 Å². The fraction of sp³-hybridized carbons (Fsp3) is 1.00. The van der Waals surface area contributed by atoms with Crippen LogP contribution in [0.1, 0.15) is 0 Å². The summed E-state index contributed by atoms with van der Waals surface area (Å²) in [7, 11) is 0. The molecule has 0 atom stereocenters. The number of nitrogens with zero attached hydrogens (tertiary/aromatic N) is 2. The van der Waals surface area contributed by atoms with E-state index in [0.717, 1.165) is 0 Å². The molecule has 0 rings (SSSR count). The molecule has 0 fully saturated rings. The monoisotopic (exact) mass is 106 g/mol. The zero-order chi connectivity index (χ0) is 4.83. The second kappa shape index (κ2) is 4.42. The summed E-state index contributed by atoms with van der Waals surface area (Å²) in [5.41, 5.74) is 0. The summed E-state index contributed by atoms with van der Waals surface area (Å²) in [6.45, 7) is -0.288. The van der Waals surface area contributed by atoms with Crippen molar-refractivity contribution in [2.24, 2.45) is 9.70 Å². The van der Waals surface area contributed by atoms with Crippen LogP contribution < -0.4 is 0 Å². The molecular formula is CH2N2O2S. The van der Waals surface area contributed by atoms with E-state index in [-0.39, 0.29) is 6.73 Å². The first kappa shape index (κ1) is 5.42. The lowest BCUT2D eigenvalue weighted by Crippen LogP contribution is -1.75. The first-order chi connectivity index (χ1) is 2.91. The minimum absolute atomic E-state index is 0.288. The normalized spacial score (nSPS) is 6.67. The molecule has 0 aliphatic heterocycles. The van der Waals surface area contributed by atoms with Gasteiger partial charge in [0, 0.05) is 0 Å². The highest BCUT2D eigenvalue weighted by Crippen LogP contribution is 1.69. The van der Waals surface area contributed by atoms with Gasteiger partial charge in [-0.15, -0.1) is 4.91 Å². The van der Waals surface area contributed by atoms with Crippen molar-refractivity contribution in [1.29, 1.82) is 0 Å². The molecule has 0 aliphatic rings. The van der Waals surface area contributed by atoms with Gasteiger partial charge in [-0.05, 0) is 9.70 Å². The third-order valence-electron chi connectivity index (χ3n) is 0.163. The Labute approximate surface area is 39.6 Å². The molecule has 0 spiro atoms. The van der Waals surface area contributed by atoms with E-state index in [1.165, 1.54) is 0 Å². The van der Waals surface area contributed by atoms with E-state index in [2.05, 4.69) is 27.0 Å². The molecule has 34 valence electrons. The molecule has 0 bridgehead atoms. The average molecular weight is 106 g/mol. The Bertz CT molecular complexity index is 47.5. The molecule has 4 nitrogen and oxygen atoms in total. The van der Waals surface area contributed by atoms with Crippen LogP contribution in [0.25, 0.3) is 0 Å². The molecular weight excluding hydrogens is 104 g/mol. The van der Waals surface area contributed by atoms with Crippen LogP contribution >= 0.6 is 0 Å². The highest BCUT2D eigenvalue weighted by Gasteiger charge is 1.69. The molecule has 0 unspecified atom stereocenters. The van der Waals surface area contributed by atoms with Crippen LogP contribution in [0, 0.1) is 4.91 Å². The van der Waals surface area contributed by atoms with Gasteiger partial charge in [0.15, 0.2) is 0 Å². The fourth-order valence-electron chi connectivity index (χ4n) is 0.0471. The molecule has 0 saturated heterocycles. The van der Waals surface area contributed by atoms with E-state index in [1.807, 2.05) is 0 Å². The van der Waals surface area contributed by atoms with Crippen molar-refractivity contribution in [3.63, 3.8) is 0 Å². The molecule has 0 heterocycles. The smallest absolute Gasteiger partial charge is 0.248 e. The van der Waals surface area contributed by atoms with Crippen LogP contribution in [0.5, 0.6) is 0 Å². The van der Waals surface area contributed by atoms with Gasteiger partial charge in [0.2, 0.25) is 6.73 Å². The van der Waals surface area contributed by atoms with E-state index in [9.17, 15) is 0 Å². The Hall–Kier alpha value is -0.580. The Balaban J connectivity index is 2.66. The van der Waals surface area contributed by atoms with Crippen molar-refractivity contribution < 1.29 is 4.84 Å². The zero-order valence-electron chi connectivity index (χ0n) is 2.83. The summed E-state index contributed by atoms with van der Waals surface area (Å²) in [5, 5.41) is 2.29. The highest BCUT2D eigenvalue weighted by atomic mass is 32.1. The molecule has 6 heavy (non-hydrogen) atoms. The van der Waals surface area contributed by atoms with Gasteiger partial charge < -0.3 is 4.84 Å². The third-order valence-corrected chi connectivity index (χ3v) is 0.269. The van der Waals surface area contributed by atoms with Crippen molar-refractivity contribution in [3.05, 3.63) is 4.91 Å². The van der Waals surface area contributed by atoms with Crippen molar-refractivity contribution in [2.75, 3.05) is 6.73 Å². The van der Waals surface area contributed by atoms with Crippen LogP contribution in [-0.2, 0) is 17.3 Å². The van der Waals surface area contributed by atoms with Gasteiger partial charge in [0.25, 0.3) is 0 Å². The van der Waals surface area contributed by atoms with Crippen molar-refractivity contribution in [2.45, 2.75) is 0 Å². The lowest BCUT2D eigenvalue weighted by atomic mass is 11.4. The molecule has 0 aromatic carbocycles. The molecule has 0 N–H and O–H groups in total. The van der Waals surface area contributed by atoms with Gasteiger partial charge in [-0.3, -0.25) is 0 Å². The molecule has 0 radical (unpaired) electrons. The van der Waals surface area contributed by atoms with Gasteiger partial charge in [0.05, 0.1) is 12.4 Å². The van der Waals surface area contributed by atoms with Crippen LogP contribution in [0.15, 0.2) is 9.70 Å². The number of nitroso groups, excluding NO2 is 1. The van der Waals surface area contributed by atoms with E-state index >= 15 is 0 Å². The van der Waals surface area contributed by atoms with Crippen LogP contribution in [-0.4, -0.2) is 6.73 Å². The lowest BCUT2D eigenvalue weighted by Gasteiger charge is -1.78. The Kier molecular flexibility index (Phi) is 3.99. The molecule has 0 saturated carbocycles. The molecule has 0 amide bonds. The predicted molar refractivity (Wildman–Crippen MR) is 21.5 cm³/mol. The maximum atomic E-state index is 9.08. The summed E-state index contributed by atoms with van der Waals surface area (Å²) >= 11 is 3.92. The van der Waals surface area contributed by atoms with Crippen molar-refractivity contribution in [1.82, 2.24) is 0 Å². The van der Waals surface area contributed by atoms with E-state index in [4.69, 9.17) is 4.91 Å². The maximum Gasteiger partial charge on any atom is 0.248 e. The second-order valence-corrected chi connectivity index (χ2v) is 0.611. The first-order valence-electron chi connectivity index (χ1n) is 1.15. The Morgan fingerprint density at radius 1 is 1.83 bits per heavy atom. The van der Waals surface area contributed by atoms with E-state index < -0.39 is 0 Å². The van der Waals surface area contributed by atoms with Gasteiger partial charge in [-0.1, -0.05) is 0 Å². The fourth-order valence-corrected chi connectivity index (χ4v) is 0.0943. The average Bonchev–Trinajstić information content (AvgIpc) is 1.61. The Morgan fingerprint density at radius 2 is 2.50 bits per heavy atom. The summed E-state index contributed by atoms with van der Waals surface area (Å²) in [6.07, 6.45) is 0. The summed E-state index contributed by atoms with van der Waals surface area (Å²) in [5.74, 6) is 0. The SMILES string of the molecule is O=NCON=S. The molecule has 0 aliphatic carbocycles. The second-order valence-electron chi connectivity index (χ2n) is 0.462. The van der Waals surface area contributed by atoms with Crippen LogP contribution in [0.2, 0.25) is 0 Å². The van der Waals surface area contributed by atoms with Crippen molar-refractivity contribution in [3.8, 4) is 0 Å².